The van der Waals surface area contributed by atoms with Crippen LogP contribution < -0.4 is 9.47 Å². The molecule has 0 aromatic heterocycles. The molecule has 0 bridgehead atoms. The maximum atomic E-state index is 14.6. The van der Waals surface area contributed by atoms with E-state index in [-0.39, 0.29) is 24.4 Å². The number of benzene rings is 3. The number of para-hydroxylation sites is 1. The molecule has 0 spiro atoms. The largest absolute Gasteiger partial charge is 0.513 e. The lowest BCUT2D eigenvalue weighted by atomic mass is 9.88. The second-order valence-corrected chi connectivity index (χ2v) is 7.62. The number of hydrogen-bond acceptors (Lipinski definition) is 4. The third-order valence-corrected chi connectivity index (χ3v) is 4.77. The maximum absolute atomic E-state index is 14.6. The van der Waals surface area contributed by atoms with Crippen molar-refractivity contribution in [1.82, 2.24) is 0 Å². The Morgan fingerprint density at radius 2 is 1.61 bits per heavy atom. The van der Waals surface area contributed by atoms with Crippen LogP contribution in [0.2, 0.25) is 0 Å². The van der Waals surface area contributed by atoms with Gasteiger partial charge in [0.05, 0.1) is 12.7 Å². The molecule has 31 heavy (non-hydrogen) atoms. The number of carbonyl (C=O) groups is 1. The molecule has 4 nitrogen and oxygen atoms in total. The van der Waals surface area contributed by atoms with E-state index in [9.17, 15) is 9.18 Å². The standard InChI is InChI=1S/C26H27FO4/c1-18(2)30-25-14-13-21(17-24(25)27)23(20-11-9-19(3)10-12-20)15-16-29-26(28)31-22-7-5-4-6-8-22/h4-14,17-18,23H,15-16H2,1-3H3. The van der Waals surface area contributed by atoms with Crippen molar-refractivity contribution in [1.29, 1.82) is 0 Å². The van der Waals surface area contributed by atoms with E-state index in [4.69, 9.17) is 14.2 Å². The fraction of sp³-hybridized carbons (Fsp3) is 0.269. The third kappa shape index (κ3) is 6.57. The molecule has 0 N–H and O–H groups in total. The fourth-order valence-electron chi connectivity index (χ4n) is 3.28. The van der Waals surface area contributed by atoms with E-state index in [0.29, 0.717) is 12.2 Å². The monoisotopic (exact) mass is 422 g/mol. The van der Waals surface area contributed by atoms with Crippen molar-refractivity contribution < 1.29 is 23.4 Å². The summed E-state index contributed by atoms with van der Waals surface area (Å²) in [5.74, 6) is 0.0925. The number of rotatable bonds is 8. The molecule has 0 radical (unpaired) electrons. The predicted molar refractivity (Wildman–Crippen MR) is 118 cm³/mol. The third-order valence-electron chi connectivity index (χ3n) is 4.77. The van der Waals surface area contributed by atoms with E-state index in [2.05, 4.69) is 0 Å². The molecule has 0 aliphatic carbocycles. The number of hydrogen-bond donors (Lipinski definition) is 0. The molecule has 3 aromatic rings. The number of aryl methyl sites for hydroxylation is 1. The Balaban J connectivity index is 1.72. The Morgan fingerprint density at radius 1 is 0.935 bits per heavy atom. The molecule has 0 heterocycles. The van der Waals surface area contributed by atoms with Crippen LogP contribution in [0, 0.1) is 12.7 Å². The van der Waals surface area contributed by atoms with E-state index >= 15 is 0 Å². The molecular weight excluding hydrogens is 395 g/mol. The van der Waals surface area contributed by atoms with Gasteiger partial charge in [-0.05, 0) is 62.6 Å². The molecule has 1 unspecified atom stereocenters. The number of carbonyl (C=O) groups excluding carboxylic acids is 1. The van der Waals surface area contributed by atoms with Crippen LogP contribution in [0.5, 0.6) is 11.5 Å². The van der Waals surface area contributed by atoms with Crippen molar-refractivity contribution in [2.45, 2.75) is 39.2 Å². The van der Waals surface area contributed by atoms with Gasteiger partial charge < -0.3 is 14.2 Å². The summed E-state index contributed by atoms with van der Waals surface area (Å²) in [4.78, 5) is 12.0. The van der Waals surface area contributed by atoms with Crippen molar-refractivity contribution in [3.05, 3.63) is 95.3 Å². The molecule has 3 rings (SSSR count). The van der Waals surface area contributed by atoms with Gasteiger partial charge in [-0.15, -0.1) is 0 Å². The van der Waals surface area contributed by atoms with Gasteiger partial charge in [0.2, 0.25) is 0 Å². The summed E-state index contributed by atoms with van der Waals surface area (Å²) in [6.07, 6.45) is -0.394. The number of halogens is 1. The van der Waals surface area contributed by atoms with Crippen LogP contribution in [0.4, 0.5) is 9.18 Å². The lowest BCUT2D eigenvalue weighted by Gasteiger charge is -2.19. The first-order valence-corrected chi connectivity index (χ1v) is 10.3. The van der Waals surface area contributed by atoms with Gasteiger partial charge >= 0.3 is 6.16 Å². The van der Waals surface area contributed by atoms with Crippen LogP contribution in [0.3, 0.4) is 0 Å². The van der Waals surface area contributed by atoms with Crippen LogP contribution in [0.25, 0.3) is 0 Å². The molecule has 0 amide bonds. The highest BCUT2D eigenvalue weighted by molar-refractivity contribution is 5.63. The lowest BCUT2D eigenvalue weighted by molar-refractivity contribution is 0.0970. The molecule has 0 aliphatic rings. The van der Waals surface area contributed by atoms with Gasteiger partial charge in [-0.2, -0.15) is 0 Å². The first-order valence-electron chi connectivity index (χ1n) is 10.3. The smallest absolute Gasteiger partial charge is 0.488 e. The van der Waals surface area contributed by atoms with Crippen molar-refractivity contribution >= 4 is 6.16 Å². The first kappa shape index (κ1) is 22.3. The second-order valence-electron chi connectivity index (χ2n) is 7.62. The Labute approximate surface area is 182 Å². The van der Waals surface area contributed by atoms with Crippen molar-refractivity contribution in [2.75, 3.05) is 6.61 Å². The Bertz CT molecular complexity index is 984. The summed E-state index contributed by atoms with van der Waals surface area (Å²) >= 11 is 0. The summed E-state index contributed by atoms with van der Waals surface area (Å²) in [6.45, 7) is 5.86. The quantitative estimate of drug-likeness (QED) is 0.301. The zero-order valence-corrected chi connectivity index (χ0v) is 18.0. The highest BCUT2D eigenvalue weighted by Gasteiger charge is 2.18. The summed E-state index contributed by atoms with van der Waals surface area (Å²) in [5.41, 5.74) is 2.94. The van der Waals surface area contributed by atoms with Gasteiger partial charge in [-0.25, -0.2) is 9.18 Å². The minimum atomic E-state index is -0.763. The second kappa shape index (κ2) is 10.6. The molecule has 162 valence electrons. The predicted octanol–water partition coefficient (Wildman–Crippen LogP) is 6.66. The molecule has 0 saturated carbocycles. The van der Waals surface area contributed by atoms with E-state index in [1.165, 1.54) is 6.07 Å². The molecule has 0 fully saturated rings. The van der Waals surface area contributed by atoms with Gasteiger partial charge in [0.15, 0.2) is 11.6 Å². The van der Waals surface area contributed by atoms with Crippen molar-refractivity contribution in [3.8, 4) is 11.5 Å². The summed E-state index contributed by atoms with van der Waals surface area (Å²) in [7, 11) is 0. The number of ether oxygens (including phenoxy) is 3. The Hall–Kier alpha value is -3.34. The zero-order chi connectivity index (χ0) is 22.2. The Morgan fingerprint density at radius 3 is 2.26 bits per heavy atom. The van der Waals surface area contributed by atoms with Crippen LogP contribution in [0.15, 0.2) is 72.8 Å². The van der Waals surface area contributed by atoms with Crippen LogP contribution >= 0.6 is 0 Å². The highest BCUT2D eigenvalue weighted by atomic mass is 19.1. The lowest BCUT2D eigenvalue weighted by Crippen LogP contribution is -2.14. The highest BCUT2D eigenvalue weighted by Crippen LogP contribution is 2.31. The van der Waals surface area contributed by atoms with E-state index in [1.54, 1.807) is 30.3 Å². The molecule has 3 aromatic carbocycles. The van der Waals surface area contributed by atoms with E-state index in [1.807, 2.05) is 57.2 Å². The SMILES string of the molecule is Cc1ccc(C(CCOC(=O)Oc2ccccc2)c2ccc(OC(C)C)c(F)c2)cc1. The minimum absolute atomic E-state index is 0.114. The van der Waals surface area contributed by atoms with Crippen LogP contribution in [-0.2, 0) is 4.74 Å². The van der Waals surface area contributed by atoms with Gasteiger partial charge in [0.25, 0.3) is 0 Å². The summed E-state index contributed by atoms with van der Waals surface area (Å²) in [6, 6.07) is 21.8. The van der Waals surface area contributed by atoms with E-state index < -0.39 is 12.0 Å². The molecular formula is C26H27FO4. The average Bonchev–Trinajstić information content (AvgIpc) is 2.74. The van der Waals surface area contributed by atoms with Crippen LogP contribution in [-0.4, -0.2) is 18.9 Å². The topological polar surface area (TPSA) is 44.8 Å². The van der Waals surface area contributed by atoms with Gasteiger partial charge in [-0.3, -0.25) is 0 Å². The molecule has 0 aliphatic heterocycles. The van der Waals surface area contributed by atoms with Gasteiger partial charge in [0.1, 0.15) is 5.75 Å². The zero-order valence-electron chi connectivity index (χ0n) is 18.0. The Kier molecular flexibility index (Phi) is 7.65. The fourth-order valence-corrected chi connectivity index (χ4v) is 3.28. The minimum Gasteiger partial charge on any atom is -0.488 e. The summed E-state index contributed by atoms with van der Waals surface area (Å²) < 4.78 is 30.6. The van der Waals surface area contributed by atoms with Crippen LogP contribution in [0.1, 0.15) is 42.9 Å². The van der Waals surface area contributed by atoms with Crippen molar-refractivity contribution in [3.63, 3.8) is 0 Å². The van der Waals surface area contributed by atoms with Gasteiger partial charge in [0, 0.05) is 5.92 Å². The first-order chi connectivity index (χ1) is 14.9. The normalized spacial score (nSPS) is 11.8. The van der Waals surface area contributed by atoms with Crippen molar-refractivity contribution in [2.24, 2.45) is 0 Å². The van der Waals surface area contributed by atoms with Gasteiger partial charge in [-0.1, -0.05) is 54.1 Å². The summed E-state index contributed by atoms with van der Waals surface area (Å²) in [5, 5.41) is 0. The maximum Gasteiger partial charge on any atom is 0.513 e. The molecule has 1 atom stereocenters. The van der Waals surface area contributed by atoms with E-state index in [0.717, 1.165) is 16.7 Å². The molecule has 0 saturated heterocycles. The average molecular weight is 422 g/mol. The molecule has 5 heteroatoms.